The molecule has 8 heteroatoms. The molecule has 20 heavy (non-hydrogen) atoms. The summed E-state index contributed by atoms with van der Waals surface area (Å²) in [5.74, 6) is 0.132. The molecule has 0 unspecified atom stereocenters. The maximum Gasteiger partial charge on any atom is 0.260 e. The number of hydrogen-bond donors (Lipinski definition) is 1. The van der Waals surface area contributed by atoms with Gasteiger partial charge < -0.3 is 4.90 Å². The van der Waals surface area contributed by atoms with Gasteiger partial charge in [-0.2, -0.15) is 9.40 Å². The third-order valence-corrected chi connectivity index (χ3v) is 6.19. The average molecular weight is 321 g/mol. The first-order valence-corrected chi connectivity index (χ1v) is 8.76. The van der Waals surface area contributed by atoms with Crippen LogP contribution in [0.4, 0.5) is 0 Å². The SMILES string of the molecule is CCN1CCC(N(C)S(=O)(=O)c2[nH]ncc2CCl)CC1. The van der Waals surface area contributed by atoms with E-state index in [9.17, 15) is 8.42 Å². The van der Waals surface area contributed by atoms with Crippen molar-refractivity contribution in [3.8, 4) is 0 Å². The molecule has 1 aromatic heterocycles. The van der Waals surface area contributed by atoms with Crippen LogP contribution in [0.25, 0.3) is 0 Å². The molecule has 1 aliphatic rings. The van der Waals surface area contributed by atoms with Crippen LogP contribution in [0.15, 0.2) is 11.2 Å². The molecule has 6 nitrogen and oxygen atoms in total. The van der Waals surface area contributed by atoms with Crippen molar-refractivity contribution in [1.82, 2.24) is 19.4 Å². The second-order valence-electron chi connectivity index (χ2n) is 5.04. The predicted molar refractivity (Wildman–Crippen MR) is 78.2 cm³/mol. The first-order valence-electron chi connectivity index (χ1n) is 6.79. The average Bonchev–Trinajstić information content (AvgIpc) is 2.95. The van der Waals surface area contributed by atoms with Gasteiger partial charge in [0.05, 0.1) is 12.1 Å². The fourth-order valence-corrected chi connectivity index (χ4v) is 4.35. The van der Waals surface area contributed by atoms with Crippen molar-refractivity contribution in [3.05, 3.63) is 11.8 Å². The maximum absolute atomic E-state index is 12.6. The largest absolute Gasteiger partial charge is 0.303 e. The lowest BCUT2D eigenvalue weighted by Crippen LogP contribution is -2.45. The van der Waals surface area contributed by atoms with Crippen molar-refractivity contribution in [2.24, 2.45) is 0 Å². The Morgan fingerprint density at radius 3 is 2.70 bits per heavy atom. The summed E-state index contributed by atoms with van der Waals surface area (Å²) in [5.41, 5.74) is 0.518. The van der Waals surface area contributed by atoms with Crippen molar-refractivity contribution in [2.75, 3.05) is 26.7 Å². The molecule has 0 amide bonds. The molecule has 0 radical (unpaired) electrons. The summed E-state index contributed by atoms with van der Waals surface area (Å²) in [7, 11) is -1.91. The van der Waals surface area contributed by atoms with Crippen LogP contribution in [-0.2, 0) is 15.9 Å². The van der Waals surface area contributed by atoms with Gasteiger partial charge in [0.1, 0.15) is 0 Å². The van der Waals surface area contributed by atoms with Crippen LogP contribution in [0.3, 0.4) is 0 Å². The lowest BCUT2D eigenvalue weighted by atomic mass is 10.1. The number of piperidine rings is 1. The summed E-state index contributed by atoms with van der Waals surface area (Å²) in [6.07, 6.45) is 3.18. The summed E-state index contributed by atoms with van der Waals surface area (Å²) < 4.78 is 26.7. The number of aromatic amines is 1. The van der Waals surface area contributed by atoms with E-state index in [-0.39, 0.29) is 16.9 Å². The van der Waals surface area contributed by atoms with E-state index in [1.165, 1.54) is 10.5 Å². The summed E-state index contributed by atoms with van der Waals surface area (Å²) in [5, 5.41) is 6.47. The van der Waals surface area contributed by atoms with Crippen LogP contribution >= 0.6 is 11.6 Å². The molecular weight excluding hydrogens is 300 g/mol. The highest BCUT2D eigenvalue weighted by atomic mass is 35.5. The highest BCUT2D eigenvalue weighted by Crippen LogP contribution is 2.24. The zero-order chi connectivity index (χ0) is 14.8. The van der Waals surface area contributed by atoms with E-state index in [2.05, 4.69) is 22.0 Å². The first kappa shape index (κ1) is 15.8. The Morgan fingerprint density at radius 1 is 1.50 bits per heavy atom. The van der Waals surface area contributed by atoms with Gasteiger partial charge in [0.2, 0.25) is 0 Å². The van der Waals surface area contributed by atoms with Crippen molar-refractivity contribution < 1.29 is 8.42 Å². The van der Waals surface area contributed by atoms with Crippen molar-refractivity contribution in [2.45, 2.75) is 36.7 Å². The fourth-order valence-electron chi connectivity index (χ4n) is 2.56. The number of likely N-dealkylation sites (tertiary alicyclic amines) is 1. The standard InChI is InChI=1S/C12H21ClN4O2S/c1-3-17-6-4-11(5-7-17)16(2)20(18,19)12-10(8-13)9-14-15-12/h9,11H,3-8H2,1-2H3,(H,14,15). The Morgan fingerprint density at radius 2 is 2.15 bits per heavy atom. The number of hydrogen-bond acceptors (Lipinski definition) is 4. The maximum atomic E-state index is 12.6. The van der Waals surface area contributed by atoms with E-state index >= 15 is 0 Å². The monoisotopic (exact) mass is 320 g/mol. The highest BCUT2D eigenvalue weighted by molar-refractivity contribution is 7.89. The van der Waals surface area contributed by atoms with Crippen LogP contribution in [0.2, 0.25) is 0 Å². The molecule has 1 aliphatic heterocycles. The van der Waals surface area contributed by atoms with Gasteiger partial charge >= 0.3 is 0 Å². The molecule has 2 heterocycles. The first-order chi connectivity index (χ1) is 9.50. The fraction of sp³-hybridized carbons (Fsp3) is 0.750. The van der Waals surface area contributed by atoms with E-state index in [0.717, 1.165) is 32.5 Å². The zero-order valence-electron chi connectivity index (χ0n) is 11.8. The Labute approximate surface area is 125 Å². The zero-order valence-corrected chi connectivity index (χ0v) is 13.4. The molecule has 0 saturated carbocycles. The van der Waals surface area contributed by atoms with Gasteiger partial charge in [0.25, 0.3) is 10.0 Å². The Hall–Kier alpha value is -0.630. The quantitative estimate of drug-likeness (QED) is 0.829. The lowest BCUT2D eigenvalue weighted by Gasteiger charge is -2.35. The molecule has 1 aromatic rings. The number of alkyl halides is 1. The molecule has 114 valence electrons. The molecule has 1 N–H and O–H groups in total. The van der Waals surface area contributed by atoms with Gasteiger partial charge in [0, 0.05) is 18.7 Å². The number of nitrogens with one attached hydrogen (secondary N) is 1. The molecule has 1 saturated heterocycles. The third-order valence-electron chi connectivity index (χ3n) is 3.98. The Kier molecular flexibility index (Phi) is 5.06. The van der Waals surface area contributed by atoms with Crippen LogP contribution in [0.1, 0.15) is 25.3 Å². The number of aromatic nitrogens is 2. The van der Waals surface area contributed by atoms with Crippen LogP contribution in [-0.4, -0.2) is 60.5 Å². The van der Waals surface area contributed by atoms with Crippen LogP contribution < -0.4 is 0 Å². The van der Waals surface area contributed by atoms with E-state index in [0.29, 0.717) is 5.56 Å². The number of rotatable bonds is 5. The topological polar surface area (TPSA) is 69.3 Å². The van der Waals surface area contributed by atoms with Gasteiger partial charge in [-0.1, -0.05) is 6.92 Å². The minimum absolute atomic E-state index is 0.0364. The number of H-pyrrole nitrogens is 1. The number of sulfonamides is 1. The number of halogens is 1. The van der Waals surface area contributed by atoms with Gasteiger partial charge in [0.15, 0.2) is 5.03 Å². The molecule has 1 fully saturated rings. The summed E-state index contributed by atoms with van der Waals surface area (Å²) in [6, 6.07) is 0.0364. The van der Waals surface area contributed by atoms with Gasteiger partial charge in [-0.15, -0.1) is 11.6 Å². The van der Waals surface area contributed by atoms with Crippen molar-refractivity contribution in [1.29, 1.82) is 0 Å². The molecule has 0 spiro atoms. The van der Waals surface area contributed by atoms with Crippen LogP contribution in [0, 0.1) is 0 Å². The second-order valence-corrected chi connectivity index (χ2v) is 7.25. The van der Waals surface area contributed by atoms with E-state index in [4.69, 9.17) is 11.6 Å². The van der Waals surface area contributed by atoms with E-state index in [1.807, 2.05) is 0 Å². The van der Waals surface area contributed by atoms with Gasteiger partial charge in [-0.05, 0) is 32.5 Å². The number of nitrogens with zero attached hydrogens (tertiary/aromatic N) is 3. The molecule has 2 rings (SSSR count). The third kappa shape index (κ3) is 3.00. The van der Waals surface area contributed by atoms with Crippen molar-refractivity contribution in [3.63, 3.8) is 0 Å². The molecule has 0 atom stereocenters. The minimum atomic E-state index is -3.55. The molecule has 0 bridgehead atoms. The van der Waals surface area contributed by atoms with Gasteiger partial charge in [-0.3, -0.25) is 5.10 Å². The summed E-state index contributed by atoms with van der Waals surface area (Å²) >= 11 is 5.76. The van der Waals surface area contributed by atoms with E-state index in [1.54, 1.807) is 7.05 Å². The second kappa shape index (κ2) is 6.43. The normalized spacial score (nSPS) is 18.8. The van der Waals surface area contributed by atoms with Crippen LogP contribution in [0.5, 0.6) is 0 Å². The van der Waals surface area contributed by atoms with Gasteiger partial charge in [-0.25, -0.2) is 8.42 Å². The van der Waals surface area contributed by atoms with Crippen molar-refractivity contribution >= 4 is 21.6 Å². The minimum Gasteiger partial charge on any atom is -0.303 e. The Balaban J connectivity index is 2.14. The molecule has 0 aromatic carbocycles. The lowest BCUT2D eigenvalue weighted by molar-refractivity contribution is 0.176. The highest BCUT2D eigenvalue weighted by Gasteiger charge is 2.32. The summed E-state index contributed by atoms with van der Waals surface area (Å²) in [6.45, 7) is 5.01. The predicted octanol–water partition coefficient (Wildman–Crippen LogP) is 1.25. The molecule has 0 aliphatic carbocycles. The summed E-state index contributed by atoms with van der Waals surface area (Å²) in [4.78, 5) is 2.33. The smallest absolute Gasteiger partial charge is 0.260 e. The molecular formula is C12H21ClN4O2S. The van der Waals surface area contributed by atoms with E-state index < -0.39 is 10.0 Å². The Bertz CT molecular complexity index is 537.